The molecule has 2 heterocycles. The molecule has 38 heavy (non-hydrogen) atoms. The van der Waals surface area contributed by atoms with Crippen LogP contribution in [-0.4, -0.2) is 53.2 Å². The van der Waals surface area contributed by atoms with Crippen molar-refractivity contribution in [1.29, 1.82) is 0 Å². The molecule has 1 aliphatic rings. The summed E-state index contributed by atoms with van der Waals surface area (Å²) >= 11 is 1.22. The van der Waals surface area contributed by atoms with Crippen LogP contribution in [0.5, 0.6) is 11.5 Å². The first-order valence-corrected chi connectivity index (χ1v) is 14.2. The Morgan fingerprint density at radius 3 is 2.37 bits per heavy atom. The molecule has 0 aliphatic carbocycles. The molecular weight excluding hydrogens is 526 g/mol. The van der Waals surface area contributed by atoms with E-state index in [1.54, 1.807) is 42.5 Å². The lowest BCUT2D eigenvalue weighted by Crippen LogP contribution is -2.35. The van der Waals surface area contributed by atoms with Gasteiger partial charge in [-0.15, -0.1) is 0 Å². The lowest BCUT2D eigenvalue weighted by Gasteiger charge is -2.21. The Morgan fingerprint density at radius 1 is 0.895 bits per heavy atom. The van der Waals surface area contributed by atoms with Gasteiger partial charge in [-0.3, -0.25) is 10.1 Å². The summed E-state index contributed by atoms with van der Waals surface area (Å²) in [5.41, 5.74) is 0.592. The van der Waals surface area contributed by atoms with Crippen molar-refractivity contribution in [2.45, 2.75) is 17.7 Å². The molecule has 1 aromatic heterocycles. The summed E-state index contributed by atoms with van der Waals surface area (Å²) in [6.07, 6.45) is 0.888. The number of para-hydroxylation sites is 2. The van der Waals surface area contributed by atoms with E-state index in [0.29, 0.717) is 60.6 Å². The Kier molecular flexibility index (Phi) is 7.63. The van der Waals surface area contributed by atoms with E-state index >= 15 is 0 Å². The second kappa shape index (κ2) is 11.3. The molecule has 0 atom stereocenters. The van der Waals surface area contributed by atoms with Crippen LogP contribution in [0.4, 0.5) is 10.8 Å². The van der Waals surface area contributed by atoms with E-state index in [-0.39, 0.29) is 17.0 Å². The van der Waals surface area contributed by atoms with E-state index in [1.165, 1.54) is 21.9 Å². The molecule has 10 nitrogen and oxygen atoms in total. The van der Waals surface area contributed by atoms with E-state index in [1.807, 2.05) is 35.2 Å². The van der Waals surface area contributed by atoms with Gasteiger partial charge in [0.25, 0.3) is 5.69 Å². The van der Waals surface area contributed by atoms with Gasteiger partial charge in [0.05, 0.1) is 9.82 Å². The maximum absolute atomic E-state index is 13.3. The van der Waals surface area contributed by atoms with Crippen molar-refractivity contribution in [3.05, 3.63) is 100 Å². The van der Waals surface area contributed by atoms with Crippen LogP contribution >= 0.6 is 11.5 Å². The quantitative estimate of drug-likeness (QED) is 0.228. The number of nitro groups is 1. The minimum Gasteiger partial charge on any atom is -0.457 e. The molecule has 4 aromatic rings. The zero-order valence-electron chi connectivity index (χ0n) is 20.3. The molecule has 196 valence electrons. The van der Waals surface area contributed by atoms with Gasteiger partial charge in [-0.2, -0.15) is 8.68 Å². The maximum atomic E-state index is 13.3. The highest BCUT2D eigenvalue weighted by molar-refractivity contribution is 7.89. The molecule has 1 aliphatic heterocycles. The molecule has 0 N–H and O–H groups in total. The van der Waals surface area contributed by atoms with Crippen LogP contribution in [0.3, 0.4) is 0 Å². The third-order valence-corrected chi connectivity index (χ3v) is 8.89. The Hall–Kier alpha value is -3.87. The Morgan fingerprint density at radius 2 is 1.61 bits per heavy atom. The first kappa shape index (κ1) is 25.8. The number of sulfonamides is 1. The van der Waals surface area contributed by atoms with Crippen molar-refractivity contribution >= 4 is 32.4 Å². The van der Waals surface area contributed by atoms with E-state index in [9.17, 15) is 18.5 Å². The lowest BCUT2D eigenvalue weighted by atomic mass is 10.1. The highest BCUT2D eigenvalue weighted by Crippen LogP contribution is 2.27. The van der Waals surface area contributed by atoms with Crippen LogP contribution in [0.15, 0.2) is 83.8 Å². The zero-order valence-corrected chi connectivity index (χ0v) is 22.0. The number of nitro benzene ring substituents is 1. The van der Waals surface area contributed by atoms with Crippen molar-refractivity contribution in [2.24, 2.45) is 0 Å². The number of anilines is 1. The molecule has 5 rings (SSSR count). The van der Waals surface area contributed by atoms with Crippen LogP contribution in [0, 0.1) is 10.1 Å². The number of benzene rings is 3. The van der Waals surface area contributed by atoms with Crippen LogP contribution in [-0.2, 0) is 16.4 Å². The molecule has 1 fully saturated rings. The fourth-order valence-corrected chi connectivity index (χ4v) is 6.44. The van der Waals surface area contributed by atoms with E-state index in [4.69, 9.17) is 4.74 Å². The summed E-state index contributed by atoms with van der Waals surface area (Å²) in [4.78, 5) is 17.7. The first-order valence-electron chi connectivity index (χ1n) is 12.0. The topological polar surface area (TPSA) is 119 Å². The first-order chi connectivity index (χ1) is 18.4. The SMILES string of the molecule is O=[N+]([O-])c1ccccc1Cc1nsc(N2CCCN(S(=O)(=O)c3ccc(Oc4ccccc4)cc3)CC2)n1. The Bertz CT molecular complexity index is 1510. The molecule has 1 saturated heterocycles. The molecule has 0 radical (unpaired) electrons. The van der Waals surface area contributed by atoms with Gasteiger partial charge in [0.1, 0.15) is 17.3 Å². The van der Waals surface area contributed by atoms with Crippen molar-refractivity contribution in [2.75, 3.05) is 31.1 Å². The largest absolute Gasteiger partial charge is 0.457 e. The van der Waals surface area contributed by atoms with E-state index < -0.39 is 14.9 Å². The summed E-state index contributed by atoms with van der Waals surface area (Å²) in [6.45, 7) is 1.80. The van der Waals surface area contributed by atoms with Crippen molar-refractivity contribution < 1.29 is 18.1 Å². The average Bonchev–Trinajstić information content (AvgIpc) is 3.23. The van der Waals surface area contributed by atoms with Crippen LogP contribution < -0.4 is 9.64 Å². The third-order valence-electron chi connectivity index (χ3n) is 6.16. The smallest absolute Gasteiger partial charge is 0.273 e. The maximum Gasteiger partial charge on any atom is 0.273 e. The summed E-state index contributed by atoms with van der Waals surface area (Å²) in [6, 6.07) is 22.3. The minimum atomic E-state index is -3.67. The molecule has 0 amide bonds. The van der Waals surface area contributed by atoms with E-state index in [2.05, 4.69) is 9.36 Å². The number of aromatic nitrogens is 2. The standard InChI is InChI=1S/C26H25N5O5S2/c32-31(33)24-10-5-4-7-20(24)19-25-27-26(37-28-25)29-15-6-16-30(18-17-29)38(34,35)23-13-11-22(12-14-23)36-21-8-2-1-3-9-21/h1-5,7-14H,6,15-19H2. The fraction of sp³-hybridized carbons (Fsp3) is 0.231. The normalized spacial score (nSPS) is 14.7. The van der Waals surface area contributed by atoms with Crippen molar-refractivity contribution in [3.63, 3.8) is 0 Å². The highest BCUT2D eigenvalue weighted by atomic mass is 32.2. The summed E-state index contributed by atoms with van der Waals surface area (Å²) in [5.74, 6) is 1.74. The third kappa shape index (κ3) is 5.82. The number of ether oxygens (including phenoxy) is 1. The van der Waals surface area contributed by atoms with Gasteiger partial charge >= 0.3 is 0 Å². The number of hydrogen-bond acceptors (Lipinski definition) is 9. The molecule has 0 saturated carbocycles. The predicted molar refractivity (Wildman–Crippen MR) is 144 cm³/mol. The Labute approximate surface area is 224 Å². The Balaban J connectivity index is 1.23. The molecule has 0 spiro atoms. The van der Waals surface area contributed by atoms with Crippen LogP contribution in [0.2, 0.25) is 0 Å². The molecule has 12 heteroatoms. The highest BCUT2D eigenvalue weighted by Gasteiger charge is 2.28. The number of nitrogens with zero attached hydrogens (tertiary/aromatic N) is 5. The monoisotopic (exact) mass is 551 g/mol. The second-order valence-electron chi connectivity index (χ2n) is 8.69. The average molecular weight is 552 g/mol. The molecule has 0 unspecified atom stereocenters. The van der Waals surface area contributed by atoms with Gasteiger partial charge < -0.3 is 9.64 Å². The van der Waals surface area contributed by atoms with Crippen molar-refractivity contribution in [1.82, 2.24) is 13.7 Å². The lowest BCUT2D eigenvalue weighted by molar-refractivity contribution is -0.385. The van der Waals surface area contributed by atoms with Crippen LogP contribution in [0.25, 0.3) is 0 Å². The number of hydrogen-bond donors (Lipinski definition) is 0. The van der Waals surface area contributed by atoms with E-state index in [0.717, 1.165) is 0 Å². The zero-order chi connectivity index (χ0) is 26.5. The molecule has 3 aromatic carbocycles. The van der Waals surface area contributed by atoms with Crippen LogP contribution in [0.1, 0.15) is 17.8 Å². The molecular formula is C26H25N5O5S2. The van der Waals surface area contributed by atoms with Crippen molar-refractivity contribution in [3.8, 4) is 11.5 Å². The van der Waals surface area contributed by atoms with Gasteiger partial charge in [0.15, 0.2) is 0 Å². The van der Waals surface area contributed by atoms with Gasteiger partial charge in [-0.05, 0) is 42.8 Å². The summed E-state index contributed by atoms with van der Waals surface area (Å²) in [5, 5.41) is 12.0. The summed E-state index contributed by atoms with van der Waals surface area (Å²) < 4.78 is 38.3. The fourth-order valence-electron chi connectivity index (χ4n) is 4.23. The van der Waals surface area contributed by atoms with Gasteiger partial charge in [-0.25, -0.2) is 13.4 Å². The van der Waals surface area contributed by atoms with Gasteiger partial charge in [-0.1, -0.05) is 36.4 Å². The molecule has 0 bridgehead atoms. The summed E-state index contributed by atoms with van der Waals surface area (Å²) in [7, 11) is -3.67. The predicted octanol–water partition coefficient (Wildman–Crippen LogP) is 4.73. The number of rotatable bonds is 8. The van der Waals surface area contributed by atoms with Gasteiger partial charge in [0, 0.05) is 55.8 Å². The van der Waals surface area contributed by atoms with Gasteiger partial charge in [0.2, 0.25) is 15.2 Å². The minimum absolute atomic E-state index is 0.0409. The second-order valence-corrected chi connectivity index (χ2v) is 11.4.